The molecule has 4 N–H and O–H groups in total. The van der Waals surface area contributed by atoms with Crippen molar-refractivity contribution in [1.29, 1.82) is 10.8 Å². The van der Waals surface area contributed by atoms with Crippen LogP contribution in [0.15, 0.2) is 0 Å². The first kappa shape index (κ1) is 21.3. The maximum absolute atomic E-state index is 11.6. The molecule has 0 spiro atoms. The summed E-state index contributed by atoms with van der Waals surface area (Å²) in [5.41, 5.74) is 0.715. The quantitative estimate of drug-likeness (QED) is 0.438. The Bertz CT molecular complexity index is 444. The molecule has 6 nitrogen and oxygen atoms in total. The number of nitrogens with one attached hydrogen (secondary N) is 4. The summed E-state index contributed by atoms with van der Waals surface area (Å²) >= 11 is 0. The first-order valence-corrected chi connectivity index (χ1v) is 8.13. The van der Waals surface area contributed by atoms with Crippen LogP contribution < -0.4 is 10.6 Å². The minimum atomic E-state index is -0.104. The smallest absolute Gasteiger partial charge is 0.225 e. The van der Waals surface area contributed by atoms with Gasteiger partial charge in [-0.25, -0.2) is 0 Å². The van der Waals surface area contributed by atoms with E-state index in [0.717, 1.165) is 12.8 Å². The van der Waals surface area contributed by atoms with Gasteiger partial charge < -0.3 is 21.5 Å². The molecule has 0 rings (SSSR count). The molecule has 0 bridgehead atoms. The van der Waals surface area contributed by atoms with Crippen molar-refractivity contribution in [3.05, 3.63) is 0 Å². The Kier molecular flexibility index (Phi) is 9.37. The van der Waals surface area contributed by atoms with Gasteiger partial charge in [-0.05, 0) is 38.0 Å². The zero-order valence-electron chi connectivity index (χ0n) is 15.1. The first-order valence-electron chi connectivity index (χ1n) is 8.13. The summed E-state index contributed by atoms with van der Waals surface area (Å²) in [5, 5.41) is 20.3. The van der Waals surface area contributed by atoms with Gasteiger partial charge in [0.2, 0.25) is 11.8 Å². The largest absolute Gasteiger partial charge is 0.356 e. The Morgan fingerprint density at radius 1 is 1.00 bits per heavy atom. The molecule has 0 radical (unpaired) electrons. The normalized spacial score (nSPS) is 12.4. The van der Waals surface area contributed by atoms with E-state index in [4.69, 9.17) is 10.8 Å². The second kappa shape index (κ2) is 10.1. The van der Waals surface area contributed by atoms with Crippen LogP contribution in [0.25, 0.3) is 0 Å². The molecule has 1 atom stereocenters. The molecule has 0 fully saturated rings. The van der Waals surface area contributed by atoms with Crippen LogP contribution in [-0.2, 0) is 9.59 Å². The highest BCUT2D eigenvalue weighted by Gasteiger charge is 2.20. The molecule has 0 aliphatic heterocycles. The summed E-state index contributed by atoms with van der Waals surface area (Å²) < 4.78 is 0. The molecule has 23 heavy (non-hydrogen) atoms. The Morgan fingerprint density at radius 3 is 1.96 bits per heavy atom. The predicted octanol–water partition coefficient (Wildman–Crippen LogP) is 2.52. The predicted molar refractivity (Wildman–Crippen MR) is 94.2 cm³/mol. The zero-order chi connectivity index (χ0) is 18.0. The van der Waals surface area contributed by atoms with Crippen molar-refractivity contribution >= 4 is 23.2 Å². The van der Waals surface area contributed by atoms with E-state index in [9.17, 15) is 9.59 Å². The Hall–Kier alpha value is -1.72. The van der Waals surface area contributed by atoms with Crippen molar-refractivity contribution in [2.75, 3.05) is 13.1 Å². The van der Waals surface area contributed by atoms with Gasteiger partial charge >= 0.3 is 0 Å². The Labute approximate surface area is 139 Å². The van der Waals surface area contributed by atoms with Crippen LogP contribution >= 0.6 is 0 Å². The Morgan fingerprint density at radius 2 is 1.48 bits per heavy atom. The molecule has 132 valence electrons. The molecule has 0 aromatic carbocycles. The zero-order valence-corrected chi connectivity index (χ0v) is 15.1. The van der Waals surface area contributed by atoms with Crippen molar-refractivity contribution < 1.29 is 9.59 Å². The van der Waals surface area contributed by atoms with Gasteiger partial charge in [0.25, 0.3) is 0 Å². The van der Waals surface area contributed by atoms with Gasteiger partial charge in [-0.1, -0.05) is 20.8 Å². The third-order valence-corrected chi connectivity index (χ3v) is 3.58. The van der Waals surface area contributed by atoms with E-state index < -0.39 is 0 Å². The van der Waals surface area contributed by atoms with Crippen LogP contribution in [0, 0.1) is 22.2 Å². The number of carbonyl (C=O) groups is 2. The van der Waals surface area contributed by atoms with Crippen LogP contribution in [0.2, 0.25) is 0 Å². The van der Waals surface area contributed by atoms with Crippen LogP contribution in [0.4, 0.5) is 0 Å². The van der Waals surface area contributed by atoms with Gasteiger partial charge in [0, 0.05) is 24.5 Å². The highest BCUT2D eigenvalue weighted by molar-refractivity contribution is 5.98. The first-order chi connectivity index (χ1) is 10.5. The Balaban J connectivity index is 4.02. The lowest BCUT2D eigenvalue weighted by Gasteiger charge is -2.26. The van der Waals surface area contributed by atoms with Crippen LogP contribution in [-0.4, -0.2) is 36.3 Å². The van der Waals surface area contributed by atoms with E-state index in [1.165, 1.54) is 0 Å². The number of rotatable bonds is 11. The van der Waals surface area contributed by atoms with E-state index in [1.54, 1.807) is 13.8 Å². The van der Waals surface area contributed by atoms with E-state index in [0.29, 0.717) is 30.4 Å². The third-order valence-electron chi connectivity index (χ3n) is 3.58. The summed E-state index contributed by atoms with van der Waals surface area (Å²) in [6, 6.07) is 0. The van der Waals surface area contributed by atoms with E-state index in [1.807, 2.05) is 0 Å². The molecule has 0 aliphatic rings. The van der Waals surface area contributed by atoms with Crippen molar-refractivity contribution in [1.82, 2.24) is 10.6 Å². The molecule has 0 saturated heterocycles. The van der Waals surface area contributed by atoms with Crippen LogP contribution in [0.1, 0.15) is 60.3 Å². The molecule has 2 amide bonds. The standard InChI is InChI=1S/C17H32N4O2/c1-12(10-20-15(22)8-13(2)18)6-7-17(4,5)11-21-16(23)9-14(3)19/h12,18-19H,6-11H2,1-5H3,(H,20,22)(H,21,23). The second-order valence-corrected chi connectivity index (χ2v) is 7.30. The molecular weight excluding hydrogens is 292 g/mol. The summed E-state index contributed by atoms with van der Waals surface area (Å²) in [4.78, 5) is 23.1. The third kappa shape index (κ3) is 12.5. The molecular formula is C17H32N4O2. The van der Waals surface area contributed by atoms with Crippen molar-refractivity contribution in [2.24, 2.45) is 11.3 Å². The lowest BCUT2D eigenvalue weighted by Crippen LogP contribution is -2.35. The number of carbonyl (C=O) groups excluding carboxylic acids is 2. The maximum atomic E-state index is 11.6. The second-order valence-electron chi connectivity index (χ2n) is 7.30. The van der Waals surface area contributed by atoms with E-state index in [2.05, 4.69) is 31.4 Å². The maximum Gasteiger partial charge on any atom is 0.225 e. The van der Waals surface area contributed by atoms with Crippen LogP contribution in [0.3, 0.4) is 0 Å². The van der Waals surface area contributed by atoms with E-state index >= 15 is 0 Å². The molecule has 0 aliphatic carbocycles. The lowest BCUT2D eigenvalue weighted by atomic mass is 9.85. The van der Waals surface area contributed by atoms with Gasteiger partial charge in [-0.3, -0.25) is 9.59 Å². The van der Waals surface area contributed by atoms with Gasteiger partial charge in [-0.2, -0.15) is 0 Å². The van der Waals surface area contributed by atoms with Crippen molar-refractivity contribution in [3.63, 3.8) is 0 Å². The van der Waals surface area contributed by atoms with Gasteiger partial charge in [0.05, 0.1) is 12.8 Å². The van der Waals surface area contributed by atoms with Crippen molar-refractivity contribution in [3.8, 4) is 0 Å². The molecule has 0 heterocycles. The van der Waals surface area contributed by atoms with Gasteiger partial charge in [-0.15, -0.1) is 0 Å². The minimum Gasteiger partial charge on any atom is -0.356 e. The molecule has 1 unspecified atom stereocenters. The lowest BCUT2D eigenvalue weighted by molar-refractivity contribution is -0.121. The van der Waals surface area contributed by atoms with Crippen molar-refractivity contribution in [2.45, 2.75) is 60.3 Å². The molecule has 0 aromatic rings. The minimum absolute atomic E-state index is 0.0184. The monoisotopic (exact) mass is 324 g/mol. The summed E-state index contributed by atoms with van der Waals surface area (Å²) in [6.45, 7) is 10.8. The average molecular weight is 324 g/mol. The fraction of sp³-hybridized carbons (Fsp3) is 0.765. The fourth-order valence-electron chi connectivity index (χ4n) is 2.06. The molecule has 0 saturated carbocycles. The average Bonchev–Trinajstić information content (AvgIpc) is 2.39. The van der Waals surface area contributed by atoms with Crippen LogP contribution in [0.5, 0.6) is 0 Å². The number of amides is 2. The molecule has 0 aromatic heterocycles. The topological polar surface area (TPSA) is 106 Å². The fourth-order valence-corrected chi connectivity index (χ4v) is 2.06. The molecule has 6 heteroatoms. The van der Waals surface area contributed by atoms with Gasteiger partial charge in [0.15, 0.2) is 0 Å². The van der Waals surface area contributed by atoms with Gasteiger partial charge in [0.1, 0.15) is 0 Å². The van der Waals surface area contributed by atoms with E-state index in [-0.39, 0.29) is 30.1 Å². The summed E-state index contributed by atoms with van der Waals surface area (Å²) in [5.74, 6) is 0.148. The number of hydrogen-bond acceptors (Lipinski definition) is 4. The highest BCUT2D eigenvalue weighted by Crippen LogP contribution is 2.23. The SMILES string of the molecule is CC(=N)CC(=O)NCC(C)CCC(C)(C)CNC(=O)CC(C)=N. The highest BCUT2D eigenvalue weighted by atomic mass is 16.2. The summed E-state index contributed by atoms with van der Waals surface area (Å²) in [6.07, 6.45) is 2.22. The number of hydrogen-bond donors (Lipinski definition) is 4. The summed E-state index contributed by atoms with van der Waals surface area (Å²) in [7, 11) is 0.